The monoisotopic (exact) mass is 422 g/mol. The van der Waals surface area contributed by atoms with E-state index < -0.39 is 6.09 Å². The van der Waals surface area contributed by atoms with Crippen LogP contribution in [0.2, 0.25) is 0 Å². The number of benzene rings is 2. The maximum Gasteiger partial charge on any atom is 0.417 e. The van der Waals surface area contributed by atoms with Gasteiger partial charge >= 0.3 is 6.09 Å². The molecular weight excluding hydrogens is 396 g/mol. The largest absolute Gasteiger partial charge is 0.423 e. The molecule has 3 heterocycles. The predicted molar refractivity (Wildman–Crippen MR) is 119 cm³/mol. The molecule has 0 aliphatic carbocycles. The number of nitrogens with zero attached hydrogens (tertiary/aromatic N) is 3. The fourth-order valence-corrected chi connectivity index (χ4v) is 4.07. The Balaban J connectivity index is 1.45. The number of aromatic nitrogens is 1. The Labute approximate surface area is 180 Å². The second-order valence-corrected chi connectivity index (χ2v) is 7.81. The fourth-order valence-electron chi connectivity index (χ4n) is 4.07. The van der Waals surface area contributed by atoms with E-state index in [0.717, 1.165) is 50.2 Å². The summed E-state index contributed by atoms with van der Waals surface area (Å²) in [6.07, 6.45) is 2.95. The van der Waals surface area contributed by atoms with E-state index in [4.69, 9.17) is 18.9 Å². The van der Waals surface area contributed by atoms with Gasteiger partial charge in [-0.3, -0.25) is 5.32 Å². The lowest BCUT2D eigenvalue weighted by Crippen LogP contribution is -2.36. The molecule has 2 aromatic carbocycles. The van der Waals surface area contributed by atoms with E-state index in [9.17, 15) is 4.79 Å². The van der Waals surface area contributed by atoms with Crippen molar-refractivity contribution in [1.82, 2.24) is 4.98 Å². The first-order valence-corrected chi connectivity index (χ1v) is 10.8. The van der Waals surface area contributed by atoms with E-state index in [1.165, 1.54) is 6.42 Å². The normalized spacial score (nSPS) is 17.0. The maximum atomic E-state index is 12.6. The first-order valence-electron chi connectivity index (χ1n) is 10.8. The molecule has 3 aromatic rings. The van der Waals surface area contributed by atoms with Gasteiger partial charge in [-0.2, -0.15) is 4.98 Å². The summed E-state index contributed by atoms with van der Waals surface area (Å²) < 4.78 is 16.9. The first-order chi connectivity index (χ1) is 15.3. The Morgan fingerprint density at radius 1 is 0.968 bits per heavy atom. The highest BCUT2D eigenvalue weighted by Gasteiger charge is 2.22. The van der Waals surface area contributed by atoms with Crippen LogP contribution in [0.15, 0.2) is 46.9 Å². The summed E-state index contributed by atoms with van der Waals surface area (Å²) in [4.78, 5) is 21.7. The van der Waals surface area contributed by atoms with Crippen LogP contribution in [0.1, 0.15) is 19.3 Å². The number of ether oxygens (including phenoxy) is 2. The van der Waals surface area contributed by atoms with E-state index in [1.807, 2.05) is 30.3 Å². The number of carbonyl (C=O) groups excluding carboxylic acids is 1. The molecule has 8 heteroatoms. The number of hydrogen-bond donors (Lipinski definition) is 1. The summed E-state index contributed by atoms with van der Waals surface area (Å²) in [6, 6.07) is 13.5. The minimum Gasteiger partial charge on any atom is -0.423 e. The molecule has 0 radical (unpaired) electrons. The van der Waals surface area contributed by atoms with Crippen molar-refractivity contribution in [2.45, 2.75) is 19.3 Å². The second-order valence-electron chi connectivity index (χ2n) is 7.81. The average Bonchev–Trinajstić information content (AvgIpc) is 3.23. The van der Waals surface area contributed by atoms with Crippen LogP contribution in [0.4, 0.5) is 22.2 Å². The van der Waals surface area contributed by atoms with Gasteiger partial charge in [0.1, 0.15) is 11.3 Å². The summed E-state index contributed by atoms with van der Waals surface area (Å²) in [6.45, 7) is 4.72. The molecule has 0 atom stereocenters. The molecule has 2 aliphatic heterocycles. The highest BCUT2D eigenvalue weighted by atomic mass is 16.6. The van der Waals surface area contributed by atoms with Gasteiger partial charge < -0.3 is 23.7 Å². The van der Waals surface area contributed by atoms with Crippen LogP contribution in [0, 0.1) is 0 Å². The molecule has 1 N–H and O–H groups in total. The predicted octanol–water partition coefficient (Wildman–Crippen LogP) is 4.27. The summed E-state index contributed by atoms with van der Waals surface area (Å²) in [5, 5.41) is 2.91. The fraction of sp³-hybridized carbons (Fsp3) is 0.391. The van der Waals surface area contributed by atoms with Gasteiger partial charge in [-0.1, -0.05) is 18.2 Å². The Kier molecular flexibility index (Phi) is 5.62. The number of amides is 1. The SMILES string of the molecule is O=C(Nc1cc2oc(N3CCOCC3)nc2cc1N1CCCCC1)Oc1ccccc1. The quantitative estimate of drug-likeness (QED) is 0.673. The number of para-hydroxylation sites is 1. The van der Waals surface area contributed by atoms with Crippen LogP contribution in [-0.4, -0.2) is 50.5 Å². The van der Waals surface area contributed by atoms with Gasteiger partial charge in [0.05, 0.1) is 24.6 Å². The van der Waals surface area contributed by atoms with E-state index in [1.54, 1.807) is 12.1 Å². The molecule has 0 saturated carbocycles. The standard InChI is InChI=1S/C23H26N4O4/c28-23(30-17-7-3-1-4-8-17)25-18-16-21-19(15-20(18)26-9-5-2-6-10-26)24-22(31-21)27-11-13-29-14-12-27/h1,3-4,7-8,15-16H,2,5-6,9-14H2,(H,25,28). The van der Waals surface area contributed by atoms with Gasteiger partial charge in [-0.15, -0.1) is 0 Å². The van der Waals surface area contributed by atoms with Crippen molar-refractivity contribution < 1.29 is 18.7 Å². The molecule has 2 saturated heterocycles. The summed E-state index contributed by atoms with van der Waals surface area (Å²) in [5.74, 6) is 0.495. The Hall–Kier alpha value is -3.26. The number of piperidine rings is 1. The average molecular weight is 422 g/mol. The van der Waals surface area contributed by atoms with Gasteiger partial charge in [0.15, 0.2) is 5.58 Å². The lowest BCUT2D eigenvalue weighted by Gasteiger charge is -2.30. The van der Waals surface area contributed by atoms with Crippen molar-refractivity contribution >= 4 is 34.6 Å². The van der Waals surface area contributed by atoms with Crippen LogP contribution in [0.3, 0.4) is 0 Å². The van der Waals surface area contributed by atoms with E-state index >= 15 is 0 Å². The van der Waals surface area contributed by atoms with Gasteiger partial charge in [0.2, 0.25) is 0 Å². The highest BCUT2D eigenvalue weighted by molar-refractivity contribution is 5.96. The summed E-state index contributed by atoms with van der Waals surface area (Å²) >= 11 is 0. The van der Waals surface area contributed by atoms with Gasteiger partial charge in [0, 0.05) is 32.2 Å². The molecule has 8 nitrogen and oxygen atoms in total. The number of nitrogens with one attached hydrogen (secondary N) is 1. The molecule has 162 valence electrons. The van der Waals surface area contributed by atoms with Crippen LogP contribution in [0.25, 0.3) is 11.1 Å². The topological polar surface area (TPSA) is 80.1 Å². The summed E-state index contributed by atoms with van der Waals surface area (Å²) in [5.41, 5.74) is 3.03. The molecule has 0 unspecified atom stereocenters. The van der Waals surface area contributed by atoms with Crippen molar-refractivity contribution in [3.05, 3.63) is 42.5 Å². The minimum atomic E-state index is -0.531. The van der Waals surface area contributed by atoms with Crippen LogP contribution < -0.4 is 19.9 Å². The number of rotatable bonds is 4. The molecule has 2 aliphatic rings. The molecule has 31 heavy (non-hydrogen) atoms. The van der Waals surface area contributed by atoms with Crippen molar-refractivity contribution in [3.8, 4) is 5.75 Å². The van der Waals surface area contributed by atoms with Crippen LogP contribution >= 0.6 is 0 Å². The van der Waals surface area contributed by atoms with Crippen molar-refractivity contribution in [3.63, 3.8) is 0 Å². The zero-order chi connectivity index (χ0) is 21.0. The lowest BCUT2D eigenvalue weighted by atomic mass is 10.1. The Morgan fingerprint density at radius 3 is 2.52 bits per heavy atom. The number of hydrogen-bond acceptors (Lipinski definition) is 7. The smallest absolute Gasteiger partial charge is 0.417 e. The van der Waals surface area contributed by atoms with Gasteiger partial charge in [-0.25, -0.2) is 4.79 Å². The van der Waals surface area contributed by atoms with Gasteiger partial charge in [0.25, 0.3) is 6.01 Å². The van der Waals surface area contributed by atoms with Crippen LogP contribution in [0.5, 0.6) is 5.75 Å². The molecule has 5 rings (SSSR count). The Morgan fingerprint density at radius 2 is 1.74 bits per heavy atom. The van der Waals surface area contributed by atoms with Gasteiger partial charge in [-0.05, 0) is 37.5 Å². The molecule has 2 fully saturated rings. The maximum absolute atomic E-state index is 12.6. The second kappa shape index (κ2) is 8.85. The Bertz CT molecular complexity index is 1040. The number of oxazole rings is 1. The number of anilines is 3. The molecule has 1 aromatic heterocycles. The third kappa shape index (κ3) is 4.44. The number of carbonyl (C=O) groups is 1. The van der Waals surface area contributed by atoms with Crippen LogP contribution in [-0.2, 0) is 4.74 Å². The van der Waals surface area contributed by atoms with E-state index in [0.29, 0.717) is 36.2 Å². The molecule has 1 amide bonds. The van der Waals surface area contributed by atoms with E-state index in [-0.39, 0.29) is 0 Å². The number of morpholine rings is 1. The lowest BCUT2D eigenvalue weighted by molar-refractivity contribution is 0.120. The summed E-state index contributed by atoms with van der Waals surface area (Å²) in [7, 11) is 0. The third-order valence-corrected chi connectivity index (χ3v) is 5.66. The zero-order valence-electron chi connectivity index (χ0n) is 17.4. The van der Waals surface area contributed by atoms with E-state index in [2.05, 4.69) is 15.1 Å². The molecule has 0 bridgehead atoms. The highest BCUT2D eigenvalue weighted by Crippen LogP contribution is 2.35. The van der Waals surface area contributed by atoms with Crippen molar-refractivity contribution in [2.24, 2.45) is 0 Å². The van der Waals surface area contributed by atoms with Crippen molar-refractivity contribution in [2.75, 3.05) is 54.5 Å². The molecular formula is C23H26N4O4. The third-order valence-electron chi connectivity index (χ3n) is 5.66. The first kappa shape index (κ1) is 19.7. The minimum absolute atomic E-state index is 0.495. The van der Waals surface area contributed by atoms with Crippen molar-refractivity contribution in [1.29, 1.82) is 0 Å². The molecule has 0 spiro atoms. The zero-order valence-corrected chi connectivity index (χ0v) is 17.4. The number of fused-ring (bicyclic) bond motifs is 1.